The molecule has 0 heterocycles. The molecule has 7 atom stereocenters. The van der Waals surface area contributed by atoms with Crippen LogP contribution in [0.2, 0.25) is 0 Å². The molecule has 0 aromatic heterocycles. The number of carbonyl (C=O) groups excluding carboxylic acids is 1. The Morgan fingerprint density at radius 1 is 1.08 bits per heavy atom. The van der Waals surface area contributed by atoms with E-state index in [-0.39, 0.29) is 12.2 Å². The van der Waals surface area contributed by atoms with Crippen molar-refractivity contribution in [1.29, 1.82) is 0 Å². The van der Waals surface area contributed by atoms with Crippen LogP contribution in [0.15, 0.2) is 11.6 Å². The van der Waals surface area contributed by atoms with Crippen molar-refractivity contribution < 1.29 is 9.53 Å². The molecule has 1 amide bonds. The standard InChI is InChI=1S/C32H58N4O2/c1-6-24-8-10-28-27-9-7-25-21-26(11-13-32(25,5)29(27)12-14-31(24,28)4)38-30(37)36(19-15-33)20-18-34-16-17-35-22-23(2)3/h7,23-24,26-29,34-35H,6,8-22,33H2,1-5H3/t24-,26-,27-,28-,29-,31+,32-/m0/s1. The summed E-state index contributed by atoms with van der Waals surface area (Å²) in [6, 6.07) is 0. The summed E-state index contributed by atoms with van der Waals surface area (Å²) in [6.07, 6.45) is 13.7. The molecule has 6 heteroatoms. The van der Waals surface area contributed by atoms with Crippen molar-refractivity contribution in [3.63, 3.8) is 0 Å². The highest BCUT2D eigenvalue weighted by molar-refractivity contribution is 5.68. The van der Waals surface area contributed by atoms with Crippen LogP contribution in [-0.2, 0) is 4.74 Å². The van der Waals surface area contributed by atoms with Gasteiger partial charge in [-0.3, -0.25) is 0 Å². The lowest BCUT2D eigenvalue weighted by molar-refractivity contribution is -0.0525. The van der Waals surface area contributed by atoms with Gasteiger partial charge in [-0.1, -0.05) is 52.7 Å². The van der Waals surface area contributed by atoms with Gasteiger partial charge in [-0.2, -0.15) is 0 Å². The predicted octanol–water partition coefficient (Wildman–Crippen LogP) is 5.58. The molecule has 4 N–H and O–H groups in total. The summed E-state index contributed by atoms with van der Waals surface area (Å²) in [7, 11) is 0. The lowest BCUT2D eigenvalue weighted by Gasteiger charge is -2.58. The number of fused-ring (bicyclic) bond motifs is 5. The molecule has 4 rings (SSSR count). The molecule has 0 aliphatic heterocycles. The number of hydrogen-bond acceptors (Lipinski definition) is 5. The Kier molecular flexibility index (Phi) is 10.2. The average Bonchev–Trinajstić information content (AvgIpc) is 3.23. The van der Waals surface area contributed by atoms with Crippen molar-refractivity contribution in [2.24, 2.45) is 46.2 Å². The third kappa shape index (κ3) is 6.28. The van der Waals surface area contributed by atoms with Crippen LogP contribution in [0.4, 0.5) is 4.79 Å². The molecule has 6 nitrogen and oxygen atoms in total. The van der Waals surface area contributed by atoms with E-state index in [1.165, 1.54) is 38.5 Å². The second kappa shape index (κ2) is 13.0. The zero-order chi connectivity index (χ0) is 27.3. The van der Waals surface area contributed by atoms with Gasteiger partial charge in [0.25, 0.3) is 0 Å². The molecule has 0 aromatic rings. The Labute approximate surface area is 233 Å². The van der Waals surface area contributed by atoms with Gasteiger partial charge >= 0.3 is 6.09 Å². The normalized spacial score (nSPS) is 36.3. The Bertz CT molecular complexity index is 815. The first-order valence-corrected chi connectivity index (χ1v) is 16.0. The van der Waals surface area contributed by atoms with Gasteiger partial charge in [0.05, 0.1) is 0 Å². The minimum Gasteiger partial charge on any atom is -0.446 e. The van der Waals surface area contributed by atoms with Gasteiger partial charge in [-0.15, -0.1) is 0 Å². The molecule has 3 saturated carbocycles. The van der Waals surface area contributed by atoms with Crippen molar-refractivity contribution in [3.05, 3.63) is 11.6 Å². The van der Waals surface area contributed by atoms with Crippen LogP contribution >= 0.6 is 0 Å². The monoisotopic (exact) mass is 530 g/mol. The van der Waals surface area contributed by atoms with Crippen molar-refractivity contribution in [2.45, 2.75) is 98.5 Å². The van der Waals surface area contributed by atoms with Crippen molar-refractivity contribution in [1.82, 2.24) is 15.5 Å². The Balaban J connectivity index is 1.29. The highest BCUT2D eigenvalue weighted by atomic mass is 16.6. The van der Waals surface area contributed by atoms with E-state index in [4.69, 9.17) is 10.5 Å². The quantitative estimate of drug-likeness (QED) is 0.227. The first-order valence-electron chi connectivity index (χ1n) is 16.0. The minimum absolute atomic E-state index is 0.00310. The third-order valence-electron chi connectivity index (χ3n) is 11.3. The van der Waals surface area contributed by atoms with Crippen LogP contribution in [0.25, 0.3) is 0 Å². The smallest absolute Gasteiger partial charge is 0.410 e. The Hall–Kier alpha value is -1.11. The maximum Gasteiger partial charge on any atom is 0.410 e. The number of nitrogens with two attached hydrogens (primary N) is 1. The fraction of sp³-hybridized carbons (Fsp3) is 0.906. The van der Waals surface area contributed by atoms with Crippen LogP contribution in [0, 0.1) is 40.4 Å². The van der Waals surface area contributed by atoms with E-state index in [9.17, 15) is 4.79 Å². The molecule has 4 aliphatic rings. The highest BCUT2D eigenvalue weighted by Crippen LogP contribution is 2.66. The van der Waals surface area contributed by atoms with Crippen molar-refractivity contribution >= 4 is 6.09 Å². The van der Waals surface area contributed by atoms with Gasteiger partial charge in [-0.25, -0.2) is 4.79 Å². The molecule has 0 bridgehead atoms. The third-order valence-corrected chi connectivity index (χ3v) is 11.3. The second-order valence-electron chi connectivity index (χ2n) is 13.9. The lowest BCUT2D eigenvalue weighted by atomic mass is 9.47. The van der Waals surface area contributed by atoms with Gasteiger partial charge in [0.2, 0.25) is 0 Å². The van der Waals surface area contributed by atoms with Crippen molar-refractivity contribution in [2.75, 3.05) is 45.8 Å². The maximum atomic E-state index is 13.1. The molecular formula is C32H58N4O2. The summed E-state index contributed by atoms with van der Waals surface area (Å²) < 4.78 is 6.12. The van der Waals surface area contributed by atoms with Gasteiger partial charge in [0, 0.05) is 45.7 Å². The number of nitrogens with one attached hydrogen (secondary N) is 2. The molecule has 0 unspecified atom stereocenters. The minimum atomic E-state index is -0.192. The molecule has 0 aromatic carbocycles. The Morgan fingerprint density at radius 3 is 2.61 bits per heavy atom. The molecule has 38 heavy (non-hydrogen) atoms. The first kappa shape index (κ1) is 29.9. The van der Waals surface area contributed by atoms with E-state index < -0.39 is 0 Å². The van der Waals surface area contributed by atoms with Gasteiger partial charge in [0.15, 0.2) is 0 Å². The average molecular weight is 531 g/mol. The summed E-state index contributed by atoms with van der Waals surface area (Å²) in [5.74, 6) is 4.15. The number of rotatable bonds is 12. The number of nitrogens with zero attached hydrogens (tertiary/aromatic N) is 1. The molecule has 3 fully saturated rings. The summed E-state index contributed by atoms with van der Waals surface area (Å²) in [5, 5.41) is 6.88. The SMILES string of the molecule is CC[C@H]1CC[C@H]2[C@@H]3CC=C4C[C@@H](OC(=O)N(CCN)CCNCCNCC(C)C)CC[C@]4(C)[C@H]3CC[C@]12C. The van der Waals surface area contributed by atoms with Gasteiger partial charge < -0.3 is 26.0 Å². The topological polar surface area (TPSA) is 79.6 Å². The Morgan fingerprint density at radius 2 is 1.87 bits per heavy atom. The number of allylic oxidation sites excluding steroid dienone is 1. The molecular weight excluding hydrogens is 472 g/mol. The summed E-state index contributed by atoms with van der Waals surface area (Å²) in [5.41, 5.74) is 8.28. The molecule has 4 aliphatic carbocycles. The van der Waals surface area contributed by atoms with Gasteiger partial charge in [-0.05, 0) is 91.9 Å². The van der Waals surface area contributed by atoms with E-state index in [0.717, 1.165) is 69.1 Å². The zero-order valence-electron chi connectivity index (χ0n) is 25.2. The van der Waals surface area contributed by atoms with Crippen LogP contribution in [-0.4, -0.2) is 62.9 Å². The summed E-state index contributed by atoms with van der Waals surface area (Å²) in [4.78, 5) is 14.9. The first-order chi connectivity index (χ1) is 18.2. The lowest BCUT2D eigenvalue weighted by Crippen LogP contribution is -2.51. The summed E-state index contributed by atoms with van der Waals surface area (Å²) in [6.45, 7) is 17.3. The van der Waals surface area contributed by atoms with Crippen LogP contribution in [0.3, 0.4) is 0 Å². The predicted molar refractivity (Wildman–Crippen MR) is 157 cm³/mol. The fourth-order valence-electron chi connectivity index (χ4n) is 9.08. The number of hydrogen-bond donors (Lipinski definition) is 3. The number of ether oxygens (including phenoxy) is 1. The summed E-state index contributed by atoms with van der Waals surface area (Å²) >= 11 is 0. The van der Waals surface area contributed by atoms with E-state index in [1.54, 1.807) is 10.5 Å². The van der Waals surface area contributed by atoms with Crippen LogP contribution in [0.1, 0.15) is 92.4 Å². The zero-order valence-corrected chi connectivity index (χ0v) is 25.2. The van der Waals surface area contributed by atoms with E-state index in [1.807, 2.05) is 0 Å². The highest BCUT2D eigenvalue weighted by Gasteiger charge is 2.58. The largest absolute Gasteiger partial charge is 0.446 e. The molecule has 218 valence electrons. The van der Waals surface area contributed by atoms with Crippen LogP contribution in [0.5, 0.6) is 0 Å². The molecule has 0 radical (unpaired) electrons. The van der Waals surface area contributed by atoms with E-state index >= 15 is 0 Å². The van der Waals surface area contributed by atoms with E-state index in [2.05, 4.69) is 51.3 Å². The number of amides is 1. The molecule has 0 saturated heterocycles. The second-order valence-corrected chi connectivity index (χ2v) is 13.9. The molecule has 0 spiro atoms. The maximum absolute atomic E-state index is 13.1. The fourth-order valence-corrected chi connectivity index (χ4v) is 9.08. The van der Waals surface area contributed by atoms with Crippen LogP contribution < -0.4 is 16.4 Å². The van der Waals surface area contributed by atoms with Crippen molar-refractivity contribution in [3.8, 4) is 0 Å². The van der Waals surface area contributed by atoms with E-state index in [0.29, 0.717) is 36.4 Å². The van der Waals surface area contributed by atoms with Gasteiger partial charge in [0.1, 0.15) is 6.10 Å². The number of carbonyl (C=O) groups is 1.